The van der Waals surface area contributed by atoms with E-state index < -0.39 is 0 Å². The summed E-state index contributed by atoms with van der Waals surface area (Å²) in [4.78, 5) is 2.53. The van der Waals surface area contributed by atoms with E-state index >= 15 is 0 Å². The lowest BCUT2D eigenvalue weighted by Gasteiger charge is -2.38. The van der Waals surface area contributed by atoms with Gasteiger partial charge in [0.2, 0.25) is 0 Å². The van der Waals surface area contributed by atoms with Crippen LogP contribution in [-0.4, -0.2) is 49.8 Å². The van der Waals surface area contributed by atoms with Crippen LogP contribution in [0.25, 0.3) is 0 Å². The quantitative estimate of drug-likeness (QED) is 0.630. The Bertz CT molecular complexity index is 247. The fourth-order valence-corrected chi connectivity index (χ4v) is 3.30. The highest BCUT2D eigenvalue weighted by molar-refractivity contribution is 4.84. The SMILES string of the molecule is CCCCC(CC)CC(NCCC)C1CN(CC)CCO1. The maximum Gasteiger partial charge on any atom is 0.0855 e. The van der Waals surface area contributed by atoms with Gasteiger partial charge in [-0.25, -0.2) is 0 Å². The Kier molecular flexibility index (Phi) is 10.3. The van der Waals surface area contributed by atoms with Crippen LogP contribution in [0.4, 0.5) is 0 Å². The van der Waals surface area contributed by atoms with Gasteiger partial charge in [-0.05, 0) is 31.8 Å². The van der Waals surface area contributed by atoms with Gasteiger partial charge in [0.1, 0.15) is 0 Å². The molecule has 1 fully saturated rings. The van der Waals surface area contributed by atoms with Crippen molar-refractivity contribution in [3.63, 3.8) is 0 Å². The summed E-state index contributed by atoms with van der Waals surface area (Å²) in [6.45, 7) is 14.5. The summed E-state index contributed by atoms with van der Waals surface area (Å²) in [6.07, 6.45) is 8.21. The van der Waals surface area contributed by atoms with E-state index in [4.69, 9.17) is 4.74 Å². The molecular weight excluding hydrogens is 260 g/mol. The molecule has 0 aliphatic carbocycles. The van der Waals surface area contributed by atoms with Crippen molar-refractivity contribution >= 4 is 0 Å². The summed E-state index contributed by atoms with van der Waals surface area (Å²) in [5.41, 5.74) is 0. The standard InChI is InChI=1S/C18H38N2O/c1-5-9-10-16(7-3)14-17(19-11-6-2)18-15-20(8-4)12-13-21-18/h16-19H,5-15H2,1-4H3. The van der Waals surface area contributed by atoms with Crippen LogP contribution in [0.3, 0.4) is 0 Å². The Morgan fingerprint density at radius 2 is 2.00 bits per heavy atom. The third-order valence-electron chi connectivity index (χ3n) is 4.86. The zero-order valence-corrected chi connectivity index (χ0v) is 14.9. The molecule has 0 saturated carbocycles. The maximum absolute atomic E-state index is 6.11. The molecule has 3 unspecified atom stereocenters. The molecule has 21 heavy (non-hydrogen) atoms. The number of nitrogens with zero attached hydrogens (tertiary/aromatic N) is 1. The Labute approximate surface area is 132 Å². The largest absolute Gasteiger partial charge is 0.374 e. The fourth-order valence-electron chi connectivity index (χ4n) is 3.30. The summed E-state index contributed by atoms with van der Waals surface area (Å²) in [5, 5.41) is 3.77. The van der Waals surface area contributed by atoms with E-state index in [1.807, 2.05) is 0 Å². The normalized spacial score (nSPS) is 23.1. The van der Waals surface area contributed by atoms with Crippen LogP contribution in [0.1, 0.15) is 66.2 Å². The lowest BCUT2D eigenvalue weighted by atomic mass is 9.89. The van der Waals surface area contributed by atoms with Crippen molar-refractivity contribution in [2.45, 2.75) is 78.4 Å². The van der Waals surface area contributed by atoms with Crippen LogP contribution in [-0.2, 0) is 4.74 Å². The molecule has 3 heteroatoms. The monoisotopic (exact) mass is 298 g/mol. The molecule has 1 aliphatic rings. The topological polar surface area (TPSA) is 24.5 Å². The van der Waals surface area contributed by atoms with Gasteiger partial charge in [0.05, 0.1) is 12.7 Å². The van der Waals surface area contributed by atoms with E-state index in [-0.39, 0.29) is 0 Å². The molecular formula is C18H38N2O. The van der Waals surface area contributed by atoms with Crippen LogP contribution in [0.15, 0.2) is 0 Å². The predicted molar refractivity (Wildman–Crippen MR) is 91.9 cm³/mol. The molecule has 1 heterocycles. The average Bonchev–Trinajstić information content (AvgIpc) is 2.54. The minimum Gasteiger partial charge on any atom is -0.374 e. The van der Waals surface area contributed by atoms with Gasteiger partial charge in [-0.2, -0.15) is 0 Å². The van der Waals surface area contributed by atoms with E-state index in [2.05, 4.69) is 37.9 Å². The Balaban J connectivity index is 2.56. The summed E-state index contributed by atoms with van der Waals surface area (Å²) in [6, 6.07) is 0.529. The van der Waals surface area contributed by atoms with Crippen LogP contribution in [0, 0.1) is 5.92 Å². The van der Waals surface area contributed by atoms with Crippen LogP contribution >= 0.6 is 0 Å². The van der Waals surface area contributed by atoms with Crippen molar-refractivity contribution in [2.75, 3.05) is 32.8 Å². The molecule has 0 aromatic carbocycles. The number of ether oxygens (including phenoxy) is 1. The number of unbranched alkanes of at least 4 members (excludes halogenated alkanes) is 1. The van der Waals surface area contributed by atoms with E-state index in [9.17, 15) is 0 Å². The summed E-state index contributed by atoms with van der Waals surface area (Å²) >= 11 is 0. The van der Waals surface area contributed by atoms with Crippen molar-refractivity contribution in [3.05, 3.63) is 0 Å². The van der Waals surface area contributed by atoms with Crippen molar-refractivity contribution < 1.29 is 4.74 Å². The molecule has 1 aliphatic heterocycles. The first-order valence-electron chi connectivity index (χ1n) is 9.32. The van der Waals surface area contributed by atoms with Crippen molar-refractivity contribution in [1.29, 1.82) is 0 Å². The third kappa shape index (κ3) is 7.12. The number of hydrogen-bond donors (Lipinski definition) is 1. The molecule has 0 amide bonds. The molecule has 0 aromatic rings. The smallest absolute Gasteiger partial charge is 0.0855 e. The van der Waals surface area contributed by atoms with Gasteiger partial charge < -0.3 is 10.1 Å². The first kappa shape index (κ1) is 18.9. The van der Waals surface area contributed by atoms with E-state index in [1.54, 1.807) is 0 Å². The average molecular weight is 299 g/mol. The van der Waals surface area contributed by atoms with Gasteiger partial charge in [-0.1, -0.05) is 53.4 Å². The van der Waals surface area contributed by atoms with E-state index in [0.717, 1.165) is 38.7 Å². The van der Waals surface area contributed by atoms with Gasteiger partial charge in [-0.3, -0.25) is 4.90 Å². The number of hydrogen-bond acceptors (Lipinski definition) is 3. The van der Waals surface area contributed by atoms with Crippen molar-refractivity contribution in [3.8, 4) is 0 Å². The second-order valence-electron chi connectivity index (χ2n) is 6.52. The summed E-state index contributed by atoms with van der Waals surface area (Å²) < 4.78 is 6.11. The highest BCUT2D eigenvalue weighted by Crippen LogP contribution is 2.22. The number of nitrogens with one attached hydrogen (secondary N) is 1. The van der Waals surface area contributed by atoms with E-state index in [0.29, 0.717) is 12.1 Å². The first-order valence-corrected chi connectivity index (χ1v) is 9.32. The van der Waals surface area contributed by atoms with Gasteiger partial charge in [0.25, 0.3) is 0 Å². The summed E-state index contributed by atoms with van der Waals surface area (Å²) in [5.74, 6) is 0.847. The molecule has 0 aromatic heterocycles. The minimum atomic E-state index is 0.376. The van der Waals surface area contributed by atoms with Gasteiger partial charge in [-0.15, -0.1) is 0 Å². The highest BCUT2D eigenvalue weighted by Gasteiger charge is 2.28. The number of likely N-dealkylation sites (N-methyl/N-ethyl adjacent to an activating group) is 1. The minimum absolute atomic E-state index is 0.376. The summed E-state index contributed by atoms with van der Waals surface area (Å²) in [7, 11) is 0. The Morgan fingerprint density at radius 3 is 2.62 bits per heavy atom. The highest BCUT2D eigenvalue weighted by atomic mass is 16.5. The van der Waals surface area contributed by atoms with Crippen molar-refractivity contribution in [2.24, 2.45) is 5.92 Å². The van der Waals surface area contributed by atoms with Gasteiger partial charge in [0.15, 0.2) is 0 Å². The maximum atomic E-state index is 6.11. The molecule has 0 radical (unpaired) electrons. The van der Waals surface area contributed by atoms with Crippen LogP contribution in [0.5, 0.6) is 0 Å². The van der Waals surface area contributed by atoms with Gasteiger partial charge in [0, 0.05) is 19.1 Å². The van der Waals surface area contributed by atoms with Crippen LogP contribution in [0.2, 0.25) is 0 Å². The first-order chi connectivity index (χ1) is 10.2. The zero-order chi connectivity index (χ0) is 15.5. The molecule has 0 spiro atoms. The molecule has 1 N–H and O–H groups in total. The molecule has 3 atom stereocenters. The molecule has 3 nitrogen and oxygen atoms in total. The second-order valence-corrected chi connectivity index (χ2v) is 6.52. The van der Waals surface area contributed by atoms with Gasteiger partial charge >= 0.3 is 0 Å². The number of rotatable bonds is 11. The molecule has 126 valence electrons. The predicted octanol–water partition coefficient (Wildman–Crippen LogP) is 3.68. The second kappa shape index (κ2) is 11.4. The molecule has 1 saturated heterocycles. The fraction of sp³-hybridized carbons (Fsp3) is 1.00. The molecule has 0 bridgehead atoms. The van der Waals surface area contributed by atoms with Crippen molar-refractivity contribution in [1.82, 2.24) is 10.2 Å². The van der Waals surface area contributed by atoms with Crippen LogP contribution < -0.4 is 5.32 Å². The Morgan fingerprint density at radius 1 is 1.19 bits per heavy atom. The third-order valence-corrected chi connectivity index (χ3v) is 4.86. The number of morpholine rings is 1. The lowest BCUT2D eigenvalue weighted by Crippen LogP contribution is -2.52. The zero-order valence-electron chi connectivity index (χ0n) is 14.9. The Hall–Kier alpha value is -0.120. The molecule has 1 rings (SSSR count). The lowest BCUT2D eigenvalue weighted by molar-refractivity contribution is -0.0488. The van der Waals surface area contributed by atoms with E-state index in [1.165, 1.54) is 38.5 Å².